The van der Waals surface area contributed by atoms with E-state index in [-0.39, 0.29) is 18.1 Å². The molecule has 3 heterocycles. The lowest BCUT2D eigenvalue weighted by atomic mass is 9.93. The molecule has 38 heavy (non-hydrogen) atoms. The first-order chi connectivity index (χ1) is 18.6. The van der Waals surface area contributed by atoms with Crippen LogP contribution in [0.3, 0.4) is 0 Å². The predicted molar refractivity (Wildman–Crippen MR) is 143 cm³/mol. The molecule has 2 aromatic heterocycles. The molecule has 186 valence electrons. The summed E-state index contributed by atoms with van der Waals surface area (Å²) in [6.07, 6.45) is 1.49. The Bertz CT molecular complexity index is 1660. The van der Waals surface area contributed by atoms with Crippen molar-refractivity contribution in [3.05, 3.63) is 126 Å². The zero-order valence-corrected chi connectivity index (χ0v) is 20.2. The number of fused-ring (bicyclic) bond motifs is 2. The second-order valence-electron chi connectivity index (χ2n) is 8.97. The van der Waals surface area contributed by atoms with Gasteiger partial charge in [0, 0.05) is 28.2 Å². The molecule has 5 aromatic rings. The number of benzene rings is 3. The number of rotatable bonds is 5. The largest absolute Gasteiger partial charge is 0.354 e. The molecule has 0 radical (unpaired) electrons. The Morgan fingerprint density at radius 1 is 0.842 bits per heavy atom. The summed E-state index contributed by atoms with van der Waals surface area (Å²) < 4.78 is 0. The minimum absolute atomic E-state index is 0.168. The number of hydrogen-bond donors (Lipinski definition) is 3. The van der Waals surface area contributed by atoms with Crippen LogP contribution in [-0.2, 0) is 4.79 Å². The van der Waals surface area contributed by atoms with Crippen molar-refractivity contribution in [2.24, 2.45) is 0 Å². The van der Waals surface area contributed by atoms with Crippen molar-refractivity contribution in [1.82, 2.24) is 25.7 Å². The second kappa shape index (κ2) is 9.67. The van der Waals surface area contributed by atoms with Crippen molar-refractivity contribution in [2.45, 2.75) is 6.04 Å². The number of carbonyl (C=O) groups is 3. The zero-order valence-electron chi connectivity index (χ0n) is 20.2. The van der Waals surface area contributed by atoms with E-state index in [1.807, 2.05) is 72.8 Å². The molecule has 1 aliphatic heterocycles. The van der Waals surface area contributed by atoms with Gasteiger partial charge in [0.05, 0.1) is 11.7 Å². The van der Waals surface area contributed by atoms with Gasteiger partial charge >= 0.3 is 0 Å². The molecular weight excluding hydrogens is 478 g/mol. The van der Waals surface area contributed by atoms with E-state index >= 15 is 0 Å². The standard InChI is InChI=1S/C30H23N5O3/c36-25(33-34-29(37)24-16-8-9-17-31-24)18-35-28(20-12-4-5-13-21(20)30(35)38)26-22-14-6-7-15-23(22)32-27(26)19-10-2-1-3-11-19/h1-17,28,32H,18H2,(H,33,36)(H,34,37). The van der Waals surface area contributed by atoms with Crippen LogP contribution in [-0.4, -0.2) is 39.1 Å². The van der Waals surface area contributed by atoms with Crippen LogP contribution < -0.4 is 10.9 Å². The van der Waals surface area contributed by atoms with E-state index in [9.17, 15) is 14.4 Å². The highest BCUT2D eigenvalue weighted by Gasteiger charge is 2.41. The molecule has 0 saturated carbocycles. The molecule has 0 bridgehead atoms. The maximum atomic E-state index is 13.6. The van der Waals surface area contributed by atoms with Crippen molar-refractivity contribution in [3.63, 3.8) is 0 Å². The van der Waals surface area contributed by atoms with E-state index in [4.69, 9.17) is 0 Å². The summed E-state index contributed by atoms with van der Waals surface area (Å²) in [5.41, 5.74) is 10.1. The number of aromatic amines is 1. The minimum Gasteiger partial charge on any atom is -0.354 e. The van der Waals surface area contributed by atoms with E-state index in [1.54, 1.807) is 29.2 Å². The molecule has 0 spiro atoms. The number of para-hydroxylation sites is 1. The topological polar surface area (TPSA) is 107 Å². The first-order valence-electron chi connectivity index (χ1n) is 12.2. The maximum Gasteiger partial charge on any atom is 0.288 e. The van der Waals surface area contributed by atoms with Gasteiger partial charge in [0.2, 0.25) is 0 Å². The average Bonchev–Trinajstić information content (AvgIpc) is 3.47. The Kier molecular flexibility index (Phi) is 5.89. The molecule has 0 aliphatic carbocycles. The fourth-order valence-corrected chi connectivity index (χ4v) is 5.01. The molecule has 0 saturated heterocycles. The van der Waals surface area contributed by atoms with E-state index < -0.39 is 17.9 Å². The smallest absolute Gasteiger partial charge is 0.288 e. The predicted octanol–water partition coefficient (Wildman–Crippen LogP) is 4.24. The third-order valence-corrected chi connectivity index (χ3v) is 6.67. The van der Waals surface area contributed by atoms with Crippen LogP contribution in [0.4, 0.5) is 0 Å². The Labute approximate surface area is 218 Å². The molecular formula is C30H23N5O3. The Morgan fingerprint density at radius 2 is 1.58 bits per heavy atom. The molecule has 3 aromatic carbocycles. The molecule has 3 N–H and O–H groups in total. The first kappa shape index (κ1) is 23.2. The SMILES string of the molecule is O=C(CN1C(=O)c2ccccc2C1c1c(-c2ccccc2)[nH]c2ccccc12)NNC(=O)c1ccccn1. The molecule has 1 atom stereocenters. The number of nitrogens with zero attached hydrogens (tertiary/aromatic N) is 2. The summed E-state index contributed by atoms with van der Waals surface area (Å²) in [6.45, 7) is -0.256. The number of hydrogen-bond acceptors (Lipinski definition) is 4. The van der Waals surface area contributed by atoms with Crippen molar-refractivity contribution >= 4 is 28.6 Å². The van der Waals surface area contributed by atoms with E-state index in [0.717, 1.165) is 33.3 Å². The van der Waals surface area contributed by atoms with Crippen LogP contribution in [0.5, 0.6) is 0 Å². The lowest BCUT2D eigenvalue weighted by Crippen LogP contribution is -2.47. The van der Waals surface area contributed by atoms with Crippen LogP contribution >= 0.6 is 0 Å². The van der Waals surface area contributed by atoms with Crippen molar-refractivity contribution in [2.75, 3.05) is 6.54 Å². The highest BCUT2D eigenvalue weighted by atomic mass is 16.2. The quantitative estimate of drug-likeness (QED) is 0.313. The van der Waals surface area contributed by atoms with Gasteiger partial charge in [0.25, 0.3) is 17.7 Å². The number of amides is 3. The van der Waals surface area contributed by atoms with Gasteiger partial charge in [-0.25, -0.2) is 0 Å². The van der Waals surface area contributed by atoms with Crippen LogP contribution in [0, 0.1) is 0 Å². The monoisotopic (exact) mass is 501 g/mol. The number of H-pyrrole nitrogens is 1. The maximum absolute atomic E-state index is 13.6. The van der Waals surface area contributed by atoms with Gasteiger partial charge in [-0.15, -0.1) is 0 Å². The van der Waals surface area contributed by atoms with E-state index in [1.165, 1.54) is 6.20 Å². The van der Waals surface area contributed by atoms with Crippen LogP contribution in [0.25, 0.3) is 22.2 Å². The molecule has 8 nitrogen and oxygen atoms in total. The van der Waals surface area contributed by atoms with Gasteiger partial charge < -0.3 is 9.88 Å². The Morgan fingerprint density at radius 3 is 2.39 bits per heavy atom. The van der Waals surface area contributed by atoms with Gasteiger partial charge in [0.1, 0.15) is 12.2 Å². The van der Waals surface area contributed by atoms with E-state index in [2.05, 4.69) is 20.8 Å². The van der Waals surface area contributed by atoms with Gasteiger partial charge in [0.15, 0.2) is 0 Å². The number of hydrazine groups is 1. The van der Waals surface area contributed by atoms with Gasteiger partial charge in [-0.1, -0.05) is 72.8 Å². The van der Waals surface area contributed by atoms with Crippen LogP contribution in [0.15, 0.2) is 103 Å². The molecule has 0 fully saturated rings. The number of pyridine rings is 1. The summed E-state index contributed by atoms with van der Waals surface area (Å²) in [5, 5.41) is 0.967. The number of nitrogens with one attached hydrogen (secondary N) is 3. The molecule has 8 heteroatoms. The molecule has 3 amide bonds. The van der Waals surface area contributed by atoms with Gasteiger partial charge in [-0.05, 0) is 35.4 Å². The molecule has 6 rings (SSSR count). The highest BCUT2D eigenvalue weighted by molar-refractivity contribution is 6.04. The van der Waals surface area contributed by atoms with E-state index in [0.29, 0.717) is 5.56 Å². The highest BCUT2D eigenvalue weighted by Crippen LogP contribution is 2.45. The fraction of sp³-hybridized carbons (Fsp3) is 0.0667. The van der Waals surface area contributed by atoms with Crippen LogP contribution in [0.1, 0.15) is 38.0 Å². The minimum atomic E-state index is -0.547. The Balaban J connectivity index is 1.38. The molecule has 1 aliphatic rings. The number of aromatic nitrogens is 2. The third kappa shape index (κ3) is 4.08. The summed E-state index contributed by atoms with van der Waals surface area (Å²) >= 11 is 0. The van der Waals surface area contributed by atoms with Gasteiger partial charge in [-0.3, -0.25) is 30.2 Å². The van der Waals surface area contributed by atoms with Crippen molar-refractivity contribution in [1.29, 1.82) is 0 Å². The number of carbonyl (C=O) groups excluding carboxylic acids is 3. The second-order valence-corrected chi connectivity index (χ2v) is 8.97. The lowest BCUT2D eigenvalue weighted by Gasteiger charge is -2.26. The summed E-state index contributed by atoms with van der Waals surface area (Å²) in [6, 6.07) is 29.7. The molecule has 1 unspecified atom stereocenters. The third-order valence-electron chi connectivity index (χ3n) is 6.67. The van der Waals surface area contributed by atoms with Crippen LogP contribution in [0.2, 0.25) is 0 Å². The van der Waals surface area contributed by atoms with Crippen molar-refractivity contribution in [3.8, 4) is 11.3 Å². The fourth-order valence-electron chi connectivity index (χ4n) is 5.01. The lowest BCUT2D eigenvalue weighted by molar-refractivity contribution is -0.122. The average molecular weight is 502 g/mol. The Hall–Kier alpha value is -5.24. The summed E-state index contributed by atoms with van der Waals surface area (Å²) in [4.78, 5) is 48.1. The normalized spacial score (nSPS) is 14.4. The first-order valence-corrected chi connectivity index (χ1v) is 12.2. The van der Waals surface area contributed by atoms with Crippen molar-refractivity contribution < 1.29 is 14.4 Å². The summed E-state index contributed by atoms with van der Waals surface area (Å²) in [7, 11) is 0. The summed E-state index contributed by atoms with van der Waals surface area (Å²) in [5.74, 6) is -1.32. The zero-order chi connectivity index (χ0) is 26.1. The van der Waals surface area contributed by atoms with Gasteiger partial charge in [-0.2, -0.15) is 0 Å².